The lowest BCUT2D eigenvalue weighted by Crippen LogP contribution is -2.25. The Morgan fingerprint density at radius 2 is 1.83 bits per heavy atom. The van der Waals surface area contributed by atoms with E-state index in [1.165, 1.54) is 55.6 Å². The summed E-state index contributed by atoms with van der Waals surface area (Å²) in [5.41, 5.74) is 1.05. The predicted octanol–water partition coefficient (Wildman–Crippen LogP) is 4.90. The molecule has 0 saturated carbocycles. The third-order valence-corrected chi connectivity index (χ3v) is 4.92. The molecule has 2 aromatic carbocycles. The summed E-state index contributed by atoms with van der Waals surface area (Å²) in [5.74, 6) is -1.23. The van der Waals surface area contributed by atoms with Crippen LogP contribution in [0, 0.1) is 11.6 Å². The molecule has 0 bridgehead atoms. The molecule has 0 unspecified atom stereocenters. The minimum absolute atomic E-state index is 0.0157. The summed E-state index contributed by atoms with van der Waals surface area (Å²) in [6, 6.07) is 9.36. The summed E-state index contributed by atoms with van der Waals surface area (Å²) in [5, 5.41) is 11.5. The monoisotopic (exact) mass is 500 g/mol. The molecule has 1 aromatic heterocycles. The number of hydrogen-bond donors (Lipinski definition) is 4. The molecule has 0 aliphatic rings. The van der Waals surface area contributed by atoms with E-state index in [-0.39, 0.29) is 23.1 Å². The highest BCUT2D eigenvalue weighted by Crippen LogP contribution is 2.24. The summed E-state index contributed by atoms with van der Waals surface area (Å²) in [6.07, 6.45) is 1.97. The lowest BCUT2D eigenvalue weighted by atomic mass is 10.2. The first-order valence-electron chi connectivity index (χ1n) is 10.6. The van der Waals surface area contributed by atoms with Crippen LogP contribution < -0.4 is 21.3 Å². The highest BCUT2D eigenvalue weighted by Gasteiger charge is 2.11. The van der Waals surface area contributed by atoms with E-state index in [1.54, 1.807) is 0 Å². The minimum atomic E-state index is -0.601. The van der Waals surface area contributed by atoms with E-state index in [2.05, 4.69) is 37.8 Å². The summed E-state index contributed by atoms with van der Waals surface area (Å²) in [4.78, 5) is 32.3. The lowest BCUT2D eigenvalue weighted by Gasteiger charge is -2.12. The van der Waals surface area contributed by atoms with Crippen LogP contribution in [0.15, 0.2) is 60.8 Å². The molecule has 0 aliphatic carbocycles. The summed E-state index contributed by atoms with van der Waals surface area (Å²) >= 11 is 6.17. The van der Waals surface area contributed by atoms with E-state index in [0.717, 1.165) is 0 Å². The van der Waals surface area contributed by atoms with Gasteiger partial charge in [0, 0.05) is 29.9 Å². The maximum Gasteiger partial charge on any atom is 0.251 e. The summed E-state index contributed by atoms with van der Waals surface area (Å²) < 4.78 is 27.0. The highest BCUT2D eigenvalue weighted by atomic mass is 35.5. The highest BCUT2D eigenvalue weighted by molar-refractivity contribution is 6.32. The number of halogens is 3. The number of hydrogen-bond acceptors (Lipinski definition) is 6. The van der Waals surface area contributed by atoms with Gasteiger partial charge >= 0.3 is 0 Å². The number of carbonyl (C=O) groups is 2. The zero-order valence-corrected chi connectivity index (χ0v) is 19.5. The van der Waals surface area contributed by atoms with Gasteiger partial charge in [0.1, 0.15) is 22.5 Å². The van der Waals surface area contributed by atoms with Gasteiger partial charge in [0.25, 0.3) is 11.8 Å². The summed E-state index contributed by atoms with van der Waals surface area (Å²) in [6.45, 7) is 5.88. The Hall–Kier alpha value is -4.05. The Bertz CT molecular complexity index is 1240. The molecule has 0 saturated heterocycles. The van der Waals surface area contributed by atoms with E-state index < -0.39 is 17.5 Å². The second kappa shape index (κ2) is 11.9. The largest absolute Gasteiger partial charge is 0.369 e. The van der Waals surface area contributed by atoms with Crippen LogP contribution >= 0.6 is 11.6 Å². The van der Waals surface area contributed by atoms with E-state index in [0.29, 0.717) is 41.6 Å². The van der Waals surface area contributed by atoms with Crippen molar-refractivity contribution in [3.8, 4) is 0 Å². The number of aromatic nitrogens is 2. The first kappa shape index (κ1) is 25.6. The fourth-order valence-electron chi connectivity index (χ4n) is 2.81. The Labute approximate surface area is 205 Å². The van der Waals surface area contributed by atoms with Crippen LogP contribution in [0.1, 0.15) is 23.7 Å². The van der Waals surface area contributed by atoms with E-state index in [1.807, 2.05) is 0 Å². The number of carbonyl (C=O) groups excluding carboxylic acids is 2. The van der Waals surface area contributed by atoms with E-state index in [4.69, 9.17) is 11.6 Å². The second-order valence-electron chi connectivity index (χ2n) is 7.49. The van der Waals surface area contributed by atoms with Gasteiger partial charge in [-0.2, -0.15) is 4.98 Å². The van der Waals surface area contributed by atoms with Crippen molar-refractivity contribution in [2.45, 2.75) is 13.3 Å². The fraction of sp³-hybridized carbons (Fsp3) is 0.167. The number of benzene rings is 2. The summed E-state index contributed by atoms with van der Waals surface area (Å²) in [7, 11) is 0. The number of anilines is 4. The Kier molecular flexibility index (Phi) is 8.69. The lowest BCUT2D eigenvalue weighted by molar-refractivity contribution is -0.112. The topological polar surface area (TPSA) is 108 Å². The van der Waals surface area contributed by atoms with Crippen LogP contribution in [0.5, 0.6) is 0 Å². The number of rotatable bonds is 10. The molecule has 11 heteroatoms. The van der Waals surface area contributed by atoms with Crippen LogP contribution in [0.3, 0.4) is 0 Å². The van der Waals surface area contributed by atoms with Gasteiger partial charge < -0.3 is 21.3 Å². The van der Waals surface area contributed by atoms with Gasteiger partial charge in [0.2, 0.25) is 5.95 Å². The van der Waals surface area contributed by atoms with Crippen molar-refractivity contribution in [1.82, 2.24) is 15.3 Å². The second-order valence-corrected chi connectivity index (χ2v) is 7.89. The Balaban J connectivity index is 1.54. The maximum absolute atomic E-state index is 14.0. The zero-order valence-electron chi connectivity index (χ0n) is 18.8. The number of nitrogens with one attached hydrogen (secondary N) is 4. The van der Waals surface area contributed by atoms with Crippen molar-refractivity contribution in [3.05, 3.63) is 83.0 Å². The third kappa shape index (κ3) is 7.47. The molecular formula is C24H23ClF2N6O2. The molecule has 4 N–H and O–H groups in total. The Morgan fingerprint density at radius 1 is 1.09 bits per heavy atom. The molecule has 182 valence electrons. The molecule has 3 aromatic rings. The molecule has 0 fully saturated rings. The predicted molar refractivity (Wildman–Crippen MR) is 132 cm³/mol. The number of nitrogens with zero attached hydrogens (tertiary/aromatic N) is 2. The van der Waals surface area contributed by atoms with Crippen molar-refractivity contribution in [2.24, 2.45) is 0 Å². The quantitative estimate of drug-likeness (QED) is 0.233. The van der Waals surface area contributed by atoms with Crippen LogP contribution in [0.2, 0.25) is 5.02 Å². The van der Waals surface area contributed by atoms with Crippen molar-refractivity contribution >= 4 is 46.6 Å². The molecular weight excluding hydrogens is 478 g/mol. The first-order chi connectivity index (χ1) is 16.7. The van der Waals surface area contributed by atoms with Gasteiger partial charge in [-0.1, -0.05) is 18.2 Å². The molecule has 35 heavy (non-hydrogen) atoms. The van der Waals surface area contributed by atoms with E-state index >= 15 is 0 Å². The van der Waals surface area contributed by atoms with Crippen LogP contribution in [-0.2, 0) is 4.79 Å². The molecule has 3 rings (SSSR count). The average molecular weight is 501 g/mol. The molecule has 2 amide bonds. The van der Waals surface area contributed by atoms with Crippen LogP contribution in [-0.4, -0.2) is 34.9 Å². The van der Waals surface area contributed by atoms with Gasteiger partial charge in [-0.3, -0.25) is 9.59 Å². The van der Waals surface area contributed by atoms with E-state index in [9.17, 15) is 18.4 Å². The van der Waals surface area contributed by atoms with Gasteiger partial charge in [-0.25, -0.2) is 13.8 Å². The zero-order chi connectivity index (χ0) is 25.4. The first-order valence-corrected chi connectivity index (χ1v) is 10.9. The molecule has 0 spiro atoms. The SMILES string of the molecule is C=C(C)C(=O)Nc1cc(Nc2ncc(Cl)c(NCCCNC(=O)c3ccc(F)cc3)n2)ccc1F. The van der Waals surface area contributed by atoms with Gasteiger partial charge in [-0.05, 0) is 55.8 Å². The number of amides is 2. The smallest absolute Gasteiger partial charge is 0.251 e. The maximum atomic E-state index is 14.0. The van der Waals surface area contributed by atoms with Crippen molar-refractivity contribution < 1.29 is 18.4 Å². The average Bonchev–Trinajstić information content (AvgIpc) is 2.83. The van der Waals surface area contributed by atoms with Gasteiger partial charge in [0.05, 0.1) is 11.9 Å². The molecule has 0 aliphatic heterocycles. The normalized spacial score (nSPS) is 10.4. The molecule has 1 heterocycles. The third-order valence-electron chi connectivity index (χ3n) is 4.64. The molecule has 0 radical (unpaired) electrons. The van der Waals surface area contributed by atoms with Crippen molar-refractivity contribution in [3.63, 3.8) is 0 Å². The van der Waals surface area contributed by atoms with Gasteiger partial charge in [0.15, 0.2) is 0 Å². The molecule has 0 atom stereocenters. The van der Waals surface area contributed by atoms with Crippen LogP contribution in [0.25, 0.3) is 0 Å². The van der Waals surface area contributed by atoms with Crippen LogP contribution in [0.4, 0.5) is 31.9 Å². The fourth-order valence-corrected chi connectivity index (χ4v) is 2.97. The van der Waals surface area contributed by atoms with Gasteiger partial charge in [-0.15, -0.1) is 0 Å². The molecule has 8 nitrogen and oxygen atoms in total. The minimum Gasteiger partial charge on any atom is -0.369 e. The van der Waals surface area contributed by atoms with Crippen molar-refractivity contribution in [1.29, 1.82) is 0 Å². The standard InChI is InChI=1S/C24H23ClF2N6O2/c1-14(2)22(34)32-20-12-17(8-9-19(20)27)31-24-30-13-18(25)21(33-24)28-10-3-11-29-23(35)15-4-6-16(26)7-5-15/h4-9,12-13H,1,3,10-11H2,2H3,(H,29,35)(H,32,34)(H2,28,30,31,33). The Morgan fingerprint density at radius 3 is 2.54 bits per heavy atom. The van der Waals surface area contributed by atoms with Crippen molar-refractivity contribution in [2.75, 3.05) is 29.0 Å².